The molecule has 1 aromatic rings. The molecule has 7 heteroatoms. The van der Waals surface area contributed by atoms with Gasteiger partial charge in [0, 0.05) is 43.8 Å². The highest BCUT2D eigenvalue weighted by Gasteiger charge is 2.25. The third-order valence-electron chi connectivity index (χ3n) is 2.97. The van der Waals surface area contributed by atoms with Gasteiger partial charge >= 0.3 is 6.09 Å². The van der Waals surface area contributed by atoms with E-state index in [0.29, 0.717) is 18.2 Å². The average Bonchev–Trinajstić information content (AvgIpc) is 2.73. The maximum absolute atomic E-state index is 11.9. The third kappa shape index (κ3) is 4.35. The van der Waals surface area contributed by atoms with Crippen LogP contribution in [-0.2, 0) is 11.3 Å². The van der Waals surface area contributed by atoms with E-state index >= 15 is 0 Å². The second kappa shape index (κ2) is 5.97. The zero-order valence-corrected chi connectivity index (χ0v) is 13.1. The summed E-state index contributed by atoms with van der Waals surface area (Å²) in [6.45, 7) is 9.58. The summed E-state index contributed by atoms with van der Waals surface area (Å²) in [7, 11) is 0. The van der Waals surface area contributed by atoms with Crippen molar-refractivity contribution in [3.8, 4) is 0 Å². The van der Waals surface area contributed by atoms with Gasteiger partial charge in [-0.2, -0.15) is 0 Å². The standard InChI is InChI=1S/C13H22N4O2S/c1-13(2,3)19-12(18)17-6-4-16(5-7-17)9-10-8-15-11(14)20-10/h8H,4-7,9H2,1-3H3,(H2,14,15). The average molecular weight is 298 g/mol. The molecule has 20 heavy (non-hydrogen) atoms. The molecule has 112 valence electrons. The summed E-state index contributed by atoms with van der Waals surface area (Å²) in [5.74, 6) is 0. The largest absolute Gasteiger partial charge is 0.444 e. The highest BCUT2D eigenvalue weighted by Crippen LogP contribution is 2.18. The van der Waals surface area contributed by atoms with E-state index in [-0.39, 0.29) is 6.09 Å². The van der Waals surface area contributed by atoms with Crippen molar-refractivity contribution in [3.63, 3.8) is 0 Å². The van der Waals surface area contributed by atoms with Crippen molar-refractivity contribution in [2.45, 2.75) is 32.9 Å². The molecular formula is C13H22N4O2S. The molecule has 1 aliphatic heterocycles. The van der Waals surface area contributed by atoms with Gasteiger partial charge < -0.3 is 15.4 Å². The quantitative estimate of drug-likeness (QED) is 0.901. The molecule has 2 heterocycles. The number of nitrogens with zero attached hydrogens (tertiary/aromatic N) is 3. The van der Waals surface area contributed by atoms with E-state index in [0.717, 1.165) is 24.5 Å². The molecule has 1 aromatic heterocycles. The molecule has 6 nitrogen and oxygen atoms in total. The number of carbonyl (C=O) groups is 1. The van der Waals surface area contributed by atoms with Gasteiger partial charge in [0.1, 0.15) is 5.60 Å². The SMILES string of the molecule is CC(C)(C)OC(=O)N1CCN(Cc2cnc(N)s2)CC1. The zero-order chi connectivity index (χ0) is 14.8. The first-order valence-electron chi connectivity index (χ1n) is 6.74. The molecule has 2 N–H and O–H groups in total. The summed E-state index contributed by atoms with van der Waals surface area (Å²) in [5.41, 5.74) is 5.19. The van der Waals surface area contributed by atoms with E-state index in [9.17, 15) is 4.79 Å². The molecule has 1 aliphatic rings. The Kier molecular flexibility index (Phi) is 4.49. The van der Waals surface area contributed by atoms with Crippen molar-refractivity contribution >= 4 is 22.6 Å². The summed E-state index contributed by atoms with van der Waals surface area (Å²) in [6, 6.07) is 0. The smallest absolute Gasteiger partial charge is 0.410 e. The first kappa shape index (κ1) is 15.1. The van der Waals surface area contributed by atoms with Gasteiger partial charge in [0.15, 0.2) is 5.13 Å². The van der Waals surface area contributed by atoms with Gasteiger partial charge in [0.05, 0.1) is 0 Å². The summed E-state index contributed by atoms with van der Waals surface area (Å²) >= 11 is 1.52. The van der Waals surface area contributed by atoms with Crippen LogP contribution >= 0.6 is 11.3 Å². The number of ether oxygens (including phenoxy) is 1. The van der Waals surface area contributed by atoms with Crippen molar-refractivity contribution in [1.29, 1.82) is 0 Å². The molecule has 1 fully saturated rings. The normalized spacial score (nSPS) is 17.2. The molecule has 0 atom stereocenters. The molecule has 0 saturated carbocycles. The number of amides is 1. The number of anilines is 1. The van der Waals surface area contributed by atoms with Crippen LogP contribution in [-0.4, -0.2) is 52.7 Å². The summed E-state index contributed by atoms with van der Waals surface area (Å²) in [6.07, 6.45) is 1.60. The number of carbonyl (C=O) groups excluding carboxylic acids is 1. The predicted molar refractivity (Wildman–Crippen MR) is 79.6 cm³/mol. The Bertz CT molecular complexity index is 461. The third-order valence-corrected chi connectivity index (χ3v) is 3.79. The van der Waals surface area contributed by atoms with Crippen molar-refractivity contribution in [3.05, 3.63) is 11.1 Å². The van der Waals surface area contributed by atoms with Crippen LogP contribution in [0.5, 0.6) is 0 Å². The molecule has 0 unspecified atom stereocenters. The lowest BCUT2D eigenvalue weighted by Gasteiger charge is -2.35. The zero-order valence-electron chi connectivity index (χ0n) is 12.3. The number of piperazine rings is 1. The lowest BCUT2D eigenvalue weighted by atomic mass is 10.2. The lowest BCUT2D eigenvalue weighted by molar-refractivity contribution is 0.0139. The minimum absolute atomic E-state index is 0.223. The predicted octanol–water partition coefficient (Wildman–Crippen LogP) is 1.78. The number of nitrogen functional groups attached to an aromatic ring is 1. The van der Waals surface area contributed by atoms with Crippen molar-refractivity contribution in [2.24, 2.45) is 0 Å². The highest BCUT2D eigenvalue weighted by atomic mass is 32.1. The molecule has 2 rings (SSSR count). The van der Waals surface area contributed by atoms with Gasteiger partial charge in [-0.05, 0) is 20.8 Å². The van der Waals surface area contributed by atoms with Gasteiger partial charge in [-0.15, -0.1) is 11.3 Å². The van der Waals surface area contributed by atoms with E-state index in [2.05, 4.69) is 9.88 Å². The molecule has 1 saturated heterocycles. The van der Waals surface area contributed by atoms with Gasteiger partial charge in [-0.3, -0.25) is 4.90 Å². The van der Waals surface area contributed by atoms with Crippen LogP contribution in [0.25, 0.3) is 0 Å². The summed E-state index contributed by atoms with van der Waals surface area (Å²) in [5, 5.41) is 0.604. The monoisotopic (exact) mass is 298 g/mol. The van der Waals surface area contributed by atoms with Gasteiger partial charge in [-0.1, -0.05) is 0 Å². The Morgan fingerprint density at radius 1 is 1.40 bits per heavy atom. The first-order chi connectivity index (χ1) is 9.33. The first-order valence-corrected chi connectivity index (χ1v) is 7.55. The van der Waals surface area contributed by atoms with Gasteiger partial charge in [0.25, 0.3) is 0 Å². The molecule has 0 aliphatic carbocycles. The van der Waals surface area contributed by atoms with E-state index in [1.807, 2.05) is 27.0 Å². The van der Waals surface area contributed by atoms with Crippen LogP contribution < -0.4 is 5.73 Å². The number of rotatable bonds is 2. The Hall–Kier alpha value is -1.34. The van der Waals surface area contributed by atoms with E-state index in [1.54, 1.807) is 4.90 Å². The molecular weight excluding hydrogens is 276 g/mol. The van der Waals surface area contributed by atoms with Crippen LogP contribution in [0.1, 0.15) is 25.6 Å². The van der Waals surface area contributed by atoms with Gasteiger partial charge in [-0.25, -0.2) is 9.78 Å². The van der Waals surface area contributed by atoms with Crippen molar-refractivity contribution in [1.82, 2.24) is 14.8 Å². The molecule has 0 bridgehead atoms. The fourth-order valence-electron chi connectivity index (χ4n) is 2.03. The Morgan fingerprint density at radius 2 is 2.05 bits per heavy atom. The van der Waals surface area contributed by atoms with E-state index in [4.69, 9.17) is 10.5 Å². The van der Waals surface area contributed by atoms with Crippen LogP contribution in [0.15, 0.2) is 6.20 Å². The number of aromatic nitrogens is 1. The van der Waals surface area contributed by atoms with E-state index < -0.39 is 5.60 Å². The molecule has 0 aromatic carbocycles. The number of hydrogen-bond donors (Lipinski definition) is 1. The minimum Gasteiger partial charge on any atom is -0.444 e. The molecule has 0 spiro atoms. The fraction of sp³-hybridized carbons (Fsp3) is 0.692. The van der Waals surface area contributed by atoms with Crippen LogP contribution in [0.3, 0.4) is 0 Å². The topological polar surface area (TPSA) is 71.7 Å². The number of hydrogen-bond acceptors (Lipinski definition) is 6. The van der Waals surface area contributed by atoms with Crippen molar-refractivity contribution < 1.29 is 9.53 Å². The van der Waals surface area contributed by atoms with Crippen LogP contribution in [0, 0.1) is 0 Å². The van der Waals surface area contributed by atoms with Crippen LogP contribution in [0.4, 0.5) is 9.93 Å². The summed E-state index contributed by atoms with van der Waals surface area (Å²) < 4.78 is 5.38. The number of nitrogens with two attached hydrogens (primary N) is 1. The second-order valence-electron chi connectivity index (χ2n) is 5.91. The van der Waals surface area contributed by atoms with E-state index in [1.165, 1.54) is 11.3 Å². The minimum atomic E-state index is -0.436. The fourth-order valence-corrected chi connectivity index (χ4v) is 2.76. The Labute approximate surface area is 123 Å². The van der Waals surface area contributed by atoms with Gasteiger partial charge in [0.2, 0.25) is 0 Å². The number of thiazole rings is 1. The maximum Gasteiger partial charge on any atom is 0.410 e. The highest BCUT2D eigenvalue weighted by molar-refractivity contribution is 7.15. The van der Waals surface area contributed by atoms with Crippen molar-refractivity contribution in [2.75, 3.05) is 31.9 Å². The maximum atomic E-state index is 11.9. The molecule has 0 radical (unpaired) electrons. The second-order valence-corrected chi connectivity index (χ2v) is 7.06. The lowest BCUT2D eigenvalue weighted by Crippen LogP contribution is -2.49. The molecule has 1 amide bonds. The Morgan fingerprint density at radius 3 is 2.55 bits per heavy atom. The Balaban J connectivity index is 1.79. The van der Waals surface area contributed by atoms with Crippen LogP contribution in [0.2, 0.25) is 0 Å². The summed E-state index contributed by atoms with van der Waals surface area (Å²) in [4.78, 5) is 21.2.